The van der Waals surface area contributed by atoms with Crippen molar-refractivity contribution in [1.29, 1.82) is 0 Å². The summed E-state index contributed by atoms with van der Waals surface area (Å²) in [5.41, 5.74) is -1.69. The zero-order valence-electron chi connectivity index (χ0n) is 17.4. The third-order valence-corrected chi connectivity index (χ3v) is 7.75. The molecule has 1 aliphatic carbocycles. The third-order valence-electron chi connectivity index (χ3n) is 7.75. The number of fused-ring (bicyclic) bond motifs is 1. The molecule has 4 rings (SSSR count). The first-order valence-electron chi connectivity index (χ1n) is 11.1. The van der Waals surface area contributed by atoms with Crippen LogP contribution in [0.25, 0.3) is 0 Å². The molecule has 3 heterocycles. The van der Waals surface area contributed by atoms with Gasteiger partial charge in [0.05, 0.1) is 24.0 Å². The summed E-state index contributed by atoms with van der Waals surface area (Å²) in [5, 5.41) is 15.4. The number of nitrogens with zero attached hydrogens (tertiary/aromatic N) is 1. The number of aliphatic hydroxyl groups is 1. The Bertz CT molecular complexity index is 694. The molecule has 3 aliphatic heterocycles. The van der Waals surface area contributed by atoms with Gasteiger partial charge in [0.15, 0.2) is 0 Å². The summed E-state index contributed by atoms with van der Waals surface area (Å²) in [7, 11) is 1.57. The molecule has 3 saturated heterocycles. The summed E-state index contributed by atoms with van der Waals surface area (Å²) >= 11 is 0. The van der Waals surface area contributed by atoms with E-state index in [4.69, 9.17) is 4.74 Å². The number of rotatable bonds is 6. The highest BCUT2D eigenvalue weighted by atomic mass is 16.5. The van der Waals surface area contributed by atoms with Crippen LogP contribution in [0.4, 0.5) is 0 Å². The van der Waals surface area contributed by atoms with Crippen LogP contribution in [0.3, 0.4) is 0 Å². The summed E-state index contributed by atoms with van der Waals surface area (Å²) in [6.45, 7) is 1.82. The lowest BCUT2D eigenvalue weighted by Crippen LogP contribution is -2.57. The quantitative estimate of drug-likeness (QED) is 0.588. The van der Waals surface area contributed by atoms with Crippen molar-refractivity contribution in [3.05, 3.63) is 0 Å². The number of amides is 3. The Morgan fingerprint density at radius 3 is 2.55 bits per heavy atom. The van der Waals surface area contributed by atoms with E-state index in [0.717, 1.165) is 25.7 Å². The molecule has 8 nitrogen and oxygen atoms in total. The van der Waals surface area contributed by atoms with Crippen LogP contribution in [0.5, 0.6) is 0 Å². The molecule has 2 unspecified atom stereocenters. The zero-order valence-corrected chi connectivity index (χ0v) is 17.4. The van der Waals surface area contributed by atoms with E-state index in [0.29, 0.717) is 19.3 Å². The molecule has 1 spiro atoms. The van der Waals surface area contributed by atoms with Crippen LogP contribution in [0.1, 0.15) is 58.3 Å². The van der Waals surface area contributed by atoms with Crippen LogP contribution in [0, 0.1) is 11.8 Å². The van der Waals surface area contributed by atoms with E-state index in [1.807, 2.05) is 6.92 Å². The predicted octanol–water partition coefficient (Wildman–Crippen LogP) is 0.328. The maximum Gasteiger partial charge on any atom is 0.246 e. The monoisotopic (exact) mass is 407 g/mol. The van der Waals surface area contributed by atoms with Crippen molar-refractivity contribution in [2.75, 3.05) is 20.2 Å². The minimum Gasteiger partial charge on any atom is -0.395 e. The van der Waals surface area contributed by atoms with Gasteiger partial charge in [-0.25, -0.2) is 0 Å². The van der Waals surface area contributed by atoms with E-state index in [9.17, 15) is 19.5 Å². The van der Waals surface area contributed by atoms with E-state index in [1.54, 1.807) is 7.05 Å². The fourth-order valence-electron chi connectivity index (χ4n) is 6.45. The number of hydrogen-bond acceptors (Lipinski definition) is 5. The normalized spacial score (nSPS) is 38.9. The molecule has 0 aromatic heterocycles. The van der Waals surface area contributed by atoms with Crippen molar-refractivity contribution in [3.8, 4) is 0 Å². The zero-order chi connectivity index (χ0) is 20.8. The number of β-amino-alcohol motifs (C(OH)–C–C–N with tert-alkyl or cyclic N) is 1. The summed E-state index contributed by atoms with van der Waals surface area (Å²) < 4.78 is 6.56. The van der Waals surface area contributed by atoms with Gasteiger partial charge in [0.1, 0.15) is 11.6 Å². The molecule has 0 aromatic rings. The van der Waals surface area contributed by atoms with Crippen molar-refractivity contribution < 1.29 is 24.2 Å². The highest BCUT2D eigenvalue weighted by molar-refractivity contribution is 5.99. The smallest absolute Gasteiger partial charge is 0.246 e. The summed E-state index contributed by atoms with van der Waals surface area (Å²) in [5.74, 6) is -1.93. The van der Waals surface area contributed by atoms with Crippen molar-refractivity contribution >= 4 is 17.7 Å². The van der Waals surface area contributed by atoms with Crippen molar-refractivity contribution in [2.45, 2.75) is 81.6 Å². The molecule has 4 fully saturated rings. The van der Waals surface area contributed by atoms with Gasteiger partial charge in [-0.2, -0.15) is 0 Å². The first kappa shape index (κ1) is 20.6. The van der Waals surface area contributed by atoms with Gasteiger partial charge in [0, 0.05) is 19.6 Å². The van der Waals surface area contributed by atoms with E-state index >= 15 is 0 Å². The van der Waals surface area contributed by atoms with E-state index < -0.39 is 29.1 Å². The standard InChI is InChI=1S/C21H33N3O5/c1-3-20-9-10-21(29-20)15(14(20)17(26)22-2)19(28)24(11-12-25)16(21)18(27)23-13-7-5-4-6-8-13/h13-16,25H,3-12H2,1-2H3,(H,22,26)(H,23,27)/t14-,15-,16?,20+,21?/m0/s1. The molecule has 3 N–H and O–H groups in total. The first-order valence-corrected chi connectivity index (χ1v) is 11.1. The average Bonchev–Trinajstić information content (AvgIpc) is 3.32. The second-order valence-electron chi connectivity index (χ2n) is 9.05. The fourth-order valence-corrected chi connectivity index (χ4v) is 6.45. The predicted molar refractivity (Wildman–Crippen MR) is 105 cm³/mol. The number of hydrogen-bond donors (Lipinski definition) is 3. The number of carbonyl (C=O) groups excluding carboxylic acids is 3. The van der Waals surface area contributed by atoms with Crippen LogP contribution >= 0.6 is 0 Å². The van der Waals surface area contributed by atoms with Gasteiger partial charge in [-0.3, -0.25) is 14.4 Å². The molecule has 4 aliphatic rings. The number of nitrogens with one attached hydrogen (secondary N) is 2. The molecule has 5 atom stereocenters. The summed E-state index contributed by atoms with van der Waals surface area (Å²) in [6.07, 6.45) is 7.13. The van der Waals surface area contributed by atoms with Crippen molar-refractivity contribution in [2.24, 2.45) is 11.8 Å². The first-order chi connectivity index (χ1) is 13.9. The highest BCUT2D eigenvalue weighted by Gasteiger charge is 2.78. The number of ether oxygens (including phenoxy) is 1. The molecule has 29 heavy (non-hydrogen) atoms. The van der Waals surface area contributed by atoms with Crippen LogP contribution in [0.2, 0.25) is 0 Å². The van der Waals surface area contributed by atoms with Crippen molar-refractivity contribution in [1.82, 2.24) is 15.5 Å². The minimum atomic E-state index is -0.988. The maximum absolute atomic E-state index is 13.4. The maximum atomic E-state index is 13.4. The Labute approximate surface area is 171 Å². The minimum absolute atomic E-state index is 0.0722. The number of carbonyl (C=O) groups is 3. The fraction of sp³-hybridized carbons (Fsp3) is 0.857. The highest BCUT2D eigenvalue weighted by Crippen LogP contribution is 2.64. The number of likely N-dealkylation sites (tertiary alicyclic amines) is 1. The number of aliphatic hydroxyl groups excluding tert-OH is 1. The van der Waals surface area contributed by atoms with E-state index in [2.05, 4.69) is 10.6 Å². The van der Waals surface area contributed by atoms with E-state index in [-0.39, 0.29) is 36.9 Å². The van der Waals surface area contributed by atoms with Crippen LogP contribution in [-0.2, 0) is 19.1 Å². The molecule has 2 bridgehead atoms. The van der Waals surface area contributed by atoms with Crippen LogP contribution in [-0.4, -0.2) is 71.2 Å². The average molecular weight is 408 g/mol. The topological polar surface area (TPSA) is 108 Å². The molecule has 3 amide bonds. The van der Waals surface area contributed by atoms with Gasteiger partial charge in [0.2, 0.25) is 17.7 Å². The lowest BCUT2D eigenvalue weighted by Gasteiger charge is -2.35. The molecular weight excluding hydrogens is 374 g/mol. The molecule has 0 radical (unpaired) electrons. The lowest BCUT2D eigenvalue weighted by atomic mass is 9.65. The molecular formula is C21H33N3O5. The van der Waals surface area contributed by atoms with Gasteiger partial charge >= 0.3 is 0 Å². The molecule has 162 valence electrons. The van der Waals surface area contributed by atoms with Gasteiger partial charge in [-0.15, -0.1) is 0 Å². The second-order valence-corrected chi connectivity index (χ2v) is 9.05. The lowest BCUT2D eigenvalue weighted by molar-refractivity contribution is -0.148. The Morgan fingerprint density at radius 1 is 1.21 bits per heavy atom. The van der Waals surface area contributed by atoms with Gasteiger partial charge < -0.3 is 25.4 Å². The van der Waals surface area contributed by atoms with Crippen LogP contribution < -0.4 is 10.6 Å². The summed E-state index contributed by atoms with van der Waals surface area (Å²) in [6, 6.07) is -0.677. The molecule has 8 heteroatoms. The summed E-state index contributed by atoms with van der Waals surface area (Å²) in [4.78, 5) is 41.1. The third kappa shape index (κ3) is 2.90. The SMILES string of the molecule is CC[C@]12CCC3(O1)C(C(=O)NC1CCCCC1)N(CCO)C(=O)[C@@H]3[C@H]2C(=O)NC. The Morgan fingerprint density at radius 2 is 1.93 bits per heavy atom. The van der Waals surface area contributed by atoms with Gasteiger partial charge in [0.25, 0.3) is 0 Å². The molecule has 0 aromatic carbocycles. The van der Waals surface area contributed by atoms with Gasteiger partial charge in [-0.1, -0.05) is 26.2 Å². The second kappa shape index (κ2) is 7.54. The largest absolute Gasteiger partial charge is 0.395 e. The Kier molecular flexibility index (Phi) is 5.36. The Balaban J connectivity index is 1.69. The molecule has 1 saturated carbocycles. The van der Waals surface area contributed by atoms with Crippen LogP contribution in [0.15, 0.2) is 0 Å². The van der Waals surface area contributed by atoms with E-state index in [1.165, 1.54) is 11.3 Å². The Hall–Kier alpha value is -1.67. The van der Waals surface area contributed by atoms with Crippen molar-refractivity contribution in [3.63, 3.8) is 0 Å². The van der Waals surface area contributed by atoms with Gasteiger partial charge in [-0.05, 0) is 32.1 Å².